The van der Waals surface area contributed by atoms with E-state index in [-0.39, 0.29) is 56.1 Å². The van der Waals surface area contributed by atoms with Crippen LogP contribution in [0.25, 0.3) is 0 Å². The van der Waals surface area contributed by atoms with Crippen LogP contribution in [-0.2, 0) is 27.5 Å². The Morgan fingerprint density at radius 3 is 0.692 bits per heavy atom. The Hall–Kier alpha value is 0.109. The fourth-order valence-corrected chi connectivity index (χ4v) is 0. The second kappa shape index (κ2) is 40.0. The molecular formula is H16FeNO10S+. The average Bonchev–Trinajstić information content (AvgIpc) is 0.722. The van der Waals surface area contributed by atoms with Gasteiger partial charge in [0, 0.05) is 10.4 Å². The van der Waals surface area contributed by atoms with Gasteiger partial charge in [-0.1, -0.05) is 0 Å². The SMILES string of the molecule is O.O.O.O.O.O.O=S(=O)([O-])[O-].[Fe+2].[NH4+]. The van der Waals surface area contributed by atoms with Crippen LogP contribution >= 0.6 is 0 Å². The van der Waals surface area contributed by atoms with E-state index >= 15 is 0 Å². The minimum atomic E-state index is -5.17. The van der Waals surface area contributed by atoms with Crippen molar-refractivity contribution in [3.63, 3.8) is 0 Å². The van der Waals surface area contributed by atoms with Crippen molar-refractivity contribution in [1.82, 2.24) is 6.15 Å². The Kier molecular flexibility index (Phi) is 351. The zero-order valence-corrected chi connectivity index (χ0v) is 8.32. The predicted molar refractivity (Wildman–Crippen MR) is 38.1 cm³/mol. The van der Waals surface area contributed by atoms with Gasteiger partial charge in [0.2, 0.25) is 0 Å². The van der Waals surface area contributed by atoms with Crippen molar-refractivity contribution < 1.29 is 67.4 Å². The summed E-state index contributed by atoms with van der Waals surface area (Å²) in [5.41, 5.74) is 0. The molecule has 13 heteroatoms. The second-order valence-electron chi connectivity index (χ2n) is 0.408. The summed E-state index contributed by atoms with van der Waals surface area (Å²) < 4.78 is 34.1. The molecule has 0 aliphatic carbocycles. The van der Waals surface area contributed by atoms with Crippen LogP contribution in [0.1, 0.15) is 0 Å². The molecule has 0 aliphatic rings. The van der Waals surface area contributed by atoms with Crippen LogP contribution in [0.15, 0.2) is 0 Å². The molecule has 0 fully saturated rings. The molecule has 0 unspecified atom stereocenters. The number of hydrogen-bond acceptors (Lipinski definition) is 4. The van der Waals surface area contributed by atoms with Gasteiger partial charge in [-0.3, -0.25) is 8.42 Å². The van der Waals surface area contributed by atoms with Gasteiger partial charge in [0.05, 0.1) is 0 Å². The molecular weight excluding hydrogens is 262 g/mol. The number of rotatable bonds is 0. The van der Waals surface area contributed by atoms with Gasteiger partial charge >= 0.3 is 17.1 Å². The molecule has 94 valence electrons. The summed E-state index contributed by atoms with van der Waals surface area (Å²) >= 11 is 0. The maximum atomic E-state index is 8.52. The topological polar surface area (TPSA) is 306 Å². The molecule has 0 atom stereocenters. The molecule has 0 heterocycles. The second-order valence-corrected chi connectivity index (χ2v) is 1.22. The van der Waals surface area contributed by atoms with Gasteiger partial charge < -0.3 is 48.1 Å². The molecule has 0 saturated heterocycles. The predicted octanol–water partition coefficient (Wildman–Crippen LogP) is -5.91. The molecule has 0 radical (unpaired) electrons. The Balaban J connectivity index is -0.00000000286. The van der Waals surface area contributed by atoms with Crippen molar-refractivity contribution in [2.45, 2.75) is 0 Å². The molecule has 0 aromatic rings. The van der Waals surface area contributed by atoms with E-state index in [4.69, 9.17) is 17.5 Å². The van der Waals surface area contributed by atoms with Gasteiger partial charge in [0.15, 0.2) is 0 Å². The maximum absolute atomic E-state index is 8.52. The summed E-state index contributed by atoms with van der Waals surface area (Å²) in [5, 5.41) is 0. The zero-order valence-electron chi connectivity index (χ0n) is 6.39. The van der Waals surface area contributed by atoms with Gasteiger partial charge in [-0.2, -0.15) is 0 Å². The van der Waals surface area contributed by atoms with E-state index in [9.17, 15) is 0 Å². The first-order valence-electron chi connectivity index (χ1n) is 0.667. The van der Waals surface area contributed by atoms with E-state index in [0.717, 1.165) is 0 Å². The average molecular weight is 278 g/mol. The first-order chi connectivity index (χ1) is 2.00. The van der Waals surface area contributed by atoms with Crippen LogP contribution in [0.2, 0.25) is 0 Å². The third-order valence-electron chi connectivity index (χ3n) is 0. The molecule has 13 heavy (non-hydrogen) atoms. The van der Waals surface area contributed by atoms with Gasteiger partial charge in [0.25, 0.3) is 0 Å². The molecule has 0 saturated carbocycles. The quantitative estimate of drug-likeness (QED) is 0.256. The normalized spacial score (nSPS) is 4.46. The zero-order chi connectivity index (χ0) is 4.50. The van der Waals surface area contributed by atoms with E-state index in [2.05, 4.69) is 0 Å². The largest absolute Gasteiger partial charge is 2.00 e. The summed E-state index contributed by atoms with van der Waals surface area (Å²) in [6.07, 6.45) is 0. The van der Waals surface area contributed by atoms with E-state index < -0.39 is 10.4 Å². The van der Waals surface area contributed by atoms with Crippen molar-refractivity contribution >= 4 is 10.4 Å². The van der Waals surface area contributed by atoms with E-state index in [1.165, 1.54) is 0 Å². The fourth-order valence-electron chi connectivity index (χ4n) is 0. The molecule has 0 spiro atoms. The minimum Gasteiger partial charge on any atom is -0.759 e. The third kappa shape index (κ3) is 103000. The molecule has 0 aliphatic heterocycles. The van der Waals surface area contributed by atoms with Crippen molar-refractivity contribution in [2.75, 3.05) is 0 Å². The minimum absolute atomic E-state index is 0. The van der Waals surface area contributed by atoms with Crippen LogP contribution in [0.4, 0.5) is 0 Å². The van der Waals surface area contributed by atoms with E-state index in [0.29, 0.717) is 0 Å². The maximum Gasteiger partial charge on any atom is 2.00 e. The molecule has 16 N–H and O–H groups in total. The van der Waals surface area contributed by atoms with Crippen molar-refractivity contribution in [3.8, 4) is 0 Å². The van der Waals surface area contributed by atoms with E-state index in [1.54, 1.807) is 0 Å². The third-order valence-corrected chi connectivity index (χ3v) is 0. The van der Waals surface area contributed by atoms with Crippen LogP contribution in [0.5, 0.6) is 0 Å². The number of hydrogen-bond donors (Lipinski definition) is 1. The molecule has 11 nitrogen and oxygen atoms in total. The van der Waals surface area contributed by atoms with Crippen molar-refractivity contribution in [2.24, 2.45) is 0 Å². The molecule has 0 rings (SSSR count). The van der Waals surface area contributed by atoms with E-state index in [1.807, 2.05) is 0 Å². The van der Waals surface area contributed by atoms with Gasteiger partial charge in [-0.05, 0) is 0 Å². The molecule has 0 aromatic carbocycles. The van der Waals surface area contributed by atoms with Crippen LogP contribution in [0, 0.1) is 0 Å². The Morgan fingerprint density at radius 1 is 0.692 bits per heavy atom. The molecule has 0 bridgehead atoms. The first kappa shape index (κ1) is 114. The van der Waals surface area contributed by atoms with Crippen LogP contribution < -0.4 is 6.15 Å². The standard InChI is InChI=1S/Fe.H3N.H2O4S.6H2O/c;;1-5(2,3)4;;;;;;/h;1H3;(H2,1,2,3,4);6*1H2/q+2;;;;;;;;/p-1. The summed E-state index contributed by atoms with van der Waals surface area (Å²) in [5.74, 6) is 0. The summed E-state index contributed by atoms with van der Waals surface area (Å²) in [4.78, 5) is 0. The molecule has 0 amide bonds. The monoisotopic (exact) mass is 278 g/mol. The van der Waals surface area contributed by atoms with Crippen LogP contribution in [-0.4, -0.2) is 50.4 Å². The summed E-state index contributed by atoms with van der Waals surface area (Å²) in [6.45, 7) is 0. The van der Waals surface area contributed by atoms with Crippen LogP contribution in [0.3, 0.4) is 0 Å². The summed E-state index contributed by atoms with van der Waals surface area (Å²) in [6, 6.07) is 0. The Morgan fingerprint density at radius 2 is 0.692 bits per heavy atom. The van der Waals surface area contributed by atoms with Crippen molar-refractivity contribution in [3.05, 3.63) is 0 Å². The van der Waals surface area contributed by atoms with Crippen molar-refractivity contribution in [1.29, 1.82) is 0 Å². The summed E-state index contributed by atoms with van der Waals surface area (Å²) in [7, 11) is -5.17. The first-order valence-corrected chi connectivity index (χ1v) is 2.00. The molecule has 0 aromatic heterocycles. The van der Waals surface area contributed by atoms with Gasteiger partial charge in [-0.25, -0.2) is 0 Å². The Bertz CT molecular complexity index is 98.1. The Labute approximate surface area is 84.6 Å². The van der Waals surface area contributed by atoms with Gasteiger partial charge in [-0.15, -0.1) is 0 Å². The smallest absolute Gasteiger partial charge is 0.759 e. The fraction of sp³-hybridized carbons (Fsp3) is 0. The van der Waals surface area contributed by atoms with Gasteiger partial charge in [0.1, 0.15) is 0 Å². The number of quaternary nitrogens is 1.